The molecule has 1 fully saturated rings. The van der Waals surface area contributed by atoms with Gasteiger partial charge < -0.3 is 10.1 Å². The van der Waals surface area contributed by atoms with Crippen molar-refractivity contribution in [3.63, 3.8) is 0 Å². The SMILES string of the molecule is C[C@H]1CCCC[C@@H]1NC(=O)COC(=O)c1ccc2ccccc2n1. The van der Waals surface area contributed by atoms with Crippen molar-refractivity contribution >= 4 is 22.8 Å². The molecule has 0 radical (unpaired) electrons. The molecule has 0 unspecified atom stereocenters. The lowest BCUT2D eigenvalue weighted by atomic mass is 9.86. The van der Waals surface area contributed by atoms with Crippen molar-refractivity contribution < 1.29 is 14.3 Å². The summed E-state index contributed by atoms with van der Waals surface area (Å²) in [5, 5.41) is 3.93. The van der Waals surface area contributed by atoms with Crippen LogP contribution < -0.4 is 5.32 Å². The number of amides is 1. The number of benzene rings is 1. The molecule has 126 valence electrons. The normalized spacial score (nSPS) is 20.5. The van der Waals surface area contributed by atoms with Gasteiger partial charge >= 0.3 is 5.97 Å². The standard InChI is InChI=1S/C19H22N2O3/c1-13-6-2-4-8-15(13)21-18(22)12-24-19(23)17-11-10-14-7-3-5-9-16(14)20-17/h3,5,7,9-11,13,15H,2,4,6,8,12H2,1H3,(H,21,22)/t13-,15-/m0/s1. The molecule has 2 atom stereocenters. The van der Waals surface area contributed by atoms with Gasteiger partial charge in [-0.25, -0.2) is 9.78 Å². The largest absolute Gasteiger partial charge is 0.451 e. The van der Waals surface area contributed by atoms with E-state index in [1.807, 2.05) is 30.3 Å². The molecule has 0 saturated heterocycles. The van der Waals surface area contributed by atoms with Crippen molar-refractivity contribution in [3.05, 3.63) is 42.1 Å². The highest BCUT2D eigenvalue weighted by atomic mass is 16.5. The number of rotatable bonds is 4. The van der Waals surface area contributed by atoms with Gasteiger partial charge in [-0.3, -0.25) is 4.79 Å². The Hall–Kier alpha value is -2.43. The molecule has 1 saturated carbocycles. The summed E-state index contributed by atoms with van der Waals surface area (Å²) < 4.78 is 5.10. The van der Waals surface area contributed by atoms with Crippen molar-refractivity contribution in [3.8, 4) is 0 Å². The number of nitrogens with one attached hydrogen (secondary N) is 1. The number of ether oxygens (including phenoxy) is 1. The molecular weight excluding hydrogens is 304 g/mol. The number of carbonyl (C=O) groups excluding carboxylic acids is 2. The first-order valence-electron chi connectivity index (χ1n) is 8.46. The van der Waals surface area contributed by atoms with Crippen molar-refractivity contribution in [1.82, 2.24) is 10.3 Å². The van der Waals surface area contributed by atoms with Gasteiger partial charge in [-0.2, -0.15) is 0 Å². The number of carbonyl (C=O) groups is 2. The Morgan fingerprint density at radius 3 is 2.79 bits per heavy atom. The predicted molar refractivity (Wildman–Crippen MR) is 91.6 cm³/mol. The Bertz CT molecular complexity index is 744. The van der Waals surface area contributed by atoms with Crippen LogP contribution in [0.2, 0.25) is 0 Å². The summed E-state index contributed by atoms with van der Waals surface area (Å²) in [5.41, 5.74) is 0.944. The molecule has 1 amide bonds. The Labute approximate surface area is 141 Å². The van der Waals surface area contributed by atoms with E-state index in [4.69, 9.17) is 4.74 Å². The van der Waals surface area contributed by atoms with Gasteiger partial charge in [0.25, 0.3) is 5.91 Å². The molecule has 1 aliphatic rings. The molecule has 5 heteroatoms. The second-order valence-electron chi connectivity index (χ2n) is 6.40. The fourth-order valence-electron chi connectivity index (χ4n) is 3.16. The van der Waals surface area contributed by atoms with E-state index in [1.54, 1.807) is 6.07 Å². The van der Waals surface area contributed by atoms with Crippen LogP contribution in [0.25, 0.3) is 10.9 Å². The monoisotopic (exact) mass is 326 g/mol. The summed E-state index contributed by atoms with van der Waals surface area (Å²) >= 11 is 0. The fraction of sp³-hybridized carbons (Fsp3) is 0.421. The molecule has 3 rings (SSSR count). The zero-order valence-electron chi connectivity index (χ0n) is 13.8. The maximum absolute atomic E-state index is 12.1. The Kier molecular flexibility index (Phi) is 5.08. The molecule has 1 aliphatic carbocycles. The first-order chi connectivity index (χ1) is 11.6. The van der Waals surface area contributed by atoms with Gasteiger partial charge in [0.2, 0.25) is 0 Å². The van der Waals surface area contributed by atoms with Gasteiger partial charge in [-0.15, -0.1) is 0 Å². The Morgan fingerprint density at radius 1 is 1.17 bits per heavy atom. The van der Waals surface area contributed by atoms with Crippen molar-refractivity contribution in [2.75, 3.05) is 6.61 Å². The zero-order chi connectivity index (χ0) is 16.9. The van der Waals surface area contributed by atoms with Crippen LogP contribution in [0.5, 0.6) is 0 Å². The van der Waals surface area contributed by atoms with Crippen LogP contribution in [0.4, 0.5) is 0 Å². The number of hydrogen-bond acceptors (Lipinski definition) is 4. The molecule has 0 aliphatic heterocycles. The summed E-state index contributed by atoms with van der Waals surface area (Å²) in [6.45, 7) is 1.88. The average Bonchev–Trinajstić information content (AvgIpc) is 2.61. The lowest BCUT2D eigenvalue weighted by Gasteiger charge is -2.29. The molecule has 1 N–H and O–H groups in total. The summed E-state index contributed by atoms with van der Waals surface area (Å²) in [6.07, 6.45) is 4.48. The van der Waals surface area contributed by atoms with Gasteiger partial charge in [-0.05, 0) is 30.9 Å². The number of nitrogens with zero attached hydrogens (tertiary/aromatic N) is 1. The van der Waals surface area contributed by atoms with E-state index in [2.05, 4.69) is 17.2 Å². The van der Waals surface area contributed by atoms with Gasteiger partial charge in [-0.1, -0.05) is 44.0 Å². The topological polar surface area (TPSA) is 68.3 Å². The number of esters is 1. The van der Waals surface area contributed by atoms with Gasteiger partial charge in [0.05, 0.1) is 5.52 Å². The summed E-state index contributed by atoms with van der Waals surface area (Å²) in [6, 6.07) is 11.2. The number of fused-ring (bicyclic) bond motifs is 1. The smallest absolute Gasteiger partial charge is 0.357 e. The molecular formula is C19H22N2O3. The van der Waals surface area contributed by atoms with Crippen LogP contribution in [0, 0.1) is 5.92 Å². The molecule has 1 aromatic heterocycles. The van der Waals surface area contributed by atoms with Crippen LogP contribution in [0.15, 0.2) is 36.4 Å². The van der Waals surface area contributed by atoms with Crippen LogP contribution in [-0.2, 0) is 9.53 Å². The maximum Gasteiger partial charge on any atom is 0.357 e. The highest BCUT2D eigenvalue weighted by Crippen LogP contribution is 2.23. The lowest BCUT2D eigenvalue weighted by molar-refractivity contribution is -0.125. The van der Waals surface area contributed by atoms with Crippen LogP contribution in [0.3, 0.4) is 0 Å². The third-order valence-corrected chi connectivity index (χ3v) is 4.60. The molecule has 0 spiro atoms. The summed E-state index contributed by atoms with van der Waals surface area (Å²) in [7, 11) is 0. The van der Waals surface area contributed by atoms with E-state index in [0.29, 0.717) is 5.92 Å². The quantitative estimate of drug-likeness (QED) is 0.877. The van der Waals surface area contributed by atoms with Crippen LogP contribution in [-0.4, -0.2) is 29.5 Å². The molecule has 2 aromatic rings. The molecule has 24 heavy (non-hydrogen) atoms. The summed E-state index contributed by atoms with van der Waals surface area (Å²) in [5.74, 6) is -0.351. The number of aromatic nitrogens is 1. The first-order valence-corrected chi connectivity index (χ1v) is 8.46. The van der Waals surface area contributed by atoms with Crippen LogP contribution in [0.1, 0.15) is 43.1 Å². The van der Waals surface area contributed by atoms with E-state index in [1.165, 1.54) is 6.42 Å². The van der Waals surface area contributed by atoms with Crippen molar-refractivity contribution in [2.45, 2.75) is 38.6 Å². The Morgan fingerprint density at radius 2 is 1.96 bits per heavy atom. The first kappa shape index (κ1) is 16.4. The van der Waals surface area contributed by atoms with Gasteiger partial charge in [0, 0.05) is 11.4 Å². The third-order valence-electron chi connectivity index (χ3n) is 4.60. The predicted octanol–water partition coefficient (Wildman–Crippen LogP) is 3.09. The average molecular weight is 326 g/mol. The number of hydrogen-bond donors (Lipinski definition) is 1. The highest BCUT2D eigenvalue weighted by molar-refractivity contribution is 5.92. The van der Waals surface area contributed by atoms with Crippen LogP contribution >= 0.6 is 0 Å². The zero-order valence-corrected chi connectivity index (χ0v) is 13.8. The minimum Gasteiger partial charge on any atom is -0.451 e. The molecule has 0 bridgehead atoms. The Balaban J connectivity index is 1.55. The van der Waals surface area contributed by atoms with Crippen molar-refractivity contribution in [2.24, 2.45) is 5.92 Å². The number of pyridine rings is 1. The summed E-state index contributed by atoms with van der Waals surface area (Å²) in [4.78, 5) is 28.4. The molecule has 1 heterocycles. The minimum atomic E-state index is -0.576. The number of para-hydroxylation sites is 1. The van der Waals surface area contributed by atoms with E-state index >= 15 is 0 Å². The third kappa shape index (κ3) is 3.91. The second-order valence-corrected chi connectivity index (χ2v) is 6.40. The van der Waals surface area contributed by atoms with Gasteiger partial charge in [0.15, 0.2) is 6.61 Å². The van der Waals surface area contributed by atoms with Gasteiger partial charge in [0.1, 0.15) is 5.69 Å². The molecule has 5 nitrogen and oxygen atoms in total. The van der Waals surface area contributed by atoms with E-state index < -0.39 is 5.97 Å². The van der Waals surface area contributed by atoms with E-state index in [9.17, 15) is 9.59 Å². The highest BCUT2D eigenvalue weighted by Gasteiger charge is 2.23. The van der Waals surface area contributed by atoms with E-state index in [-0.39, 0.29) is 24.2 Å². The lowest BCUT2D eigenvalue weighted by Crippen LogP contribution is -2.42. The maximum atomic E-state index is 12.1. The molecule has 1 aromatic carbocycles. The second kappa shape index (κ2) is 7.43. The van der Waals surface area contributed by atoms with E-state index in [0.717, 1.165) is 30.2 Å². The fourth-order valence-corrected chi connectivity index (χ4v) is 3.16. The van der Waals surface area contributed by atoms with Crippen molar-refractivity contribution in [1.29, 1.82) is 0 Å². The minimum absolute atomic E-state index is 0.184.